The first-order chi connectivity index (χ1) is 55.3. The number of rotatable bonds is 40. The lowest BCUT2D eigenvalue weighted by atomic mass is 9.86. The molecule has 15 N–H and O–H groups in total. The lowest BCUT2D eigenvalue weighted by molar-refractivity contribution is -0.140. The summed E-state index contributed by atoms with van der Waals surface area (Å²) in [5, 5.41) is 120. The van der Waals surface area contributed by atoms with Gasteiger partial charge in [-0.1, -0.05) is 0 Å². The smallest absolute Gasteiger partial charge is 0.317 e. The van der Waals surface area contributed by atoms with Crippen LogP contribution in [0.5, 0.6) is 0 Å². The van der Waals surface area contributed by atoms with Crippen LogP contribution in [0.4, 0.5) is 0 Å². The molecule has 117 heavy (non-hydrogen) atoms. The lowest BCUT2D eigenvalue weighted by Gasteiger charge is -2.37. The molecule has 47 heteroatoms. The van der Waals surface area contributed by atoms with E-state index in [1.165, 1.54) is 6.92 Å². The molecule has 4 heterocycles. The van der Waals surface area contributed by atoms with E-state index in [0.29, 0.717) is 0 Å². The van der Waals surface area contributed by atoms with E-state index in [4.69, 9.17) is 0 Å². The normalized spacial score (nSPS) is 19.6. The monoisotopic (exact) mass is 1670 g/mol. The van der Waals surface area contributed by atoms with E-state index >= 15 is 0 Å². The first-order valence-electron chi connectivity index (χ1n) is 38.9. The first-order valence-corrected chi connectivity index (χ1v) is 38.9. The summed E-state index contributed by atoms with van der Waals surface area (Å²) >= 11 is 0. The predicted molar refractivity (Wildman–Crippen MR) is 412 cm³/mol. The maximum atomic E-state index is 14.9. The van der Waals surface area contributed by atoms with Gasteiger partial charge in [0.1, 0.15) is 5.78 Å². The molecule has 0 spiro atoms. The van der Waals surface area contributed by atoms with Gasteiger partial charge in [0.05, 0.1) is 105 Å². The summed E-state index contributed by atoms with van der Waals surface area (Å²) in [6, 6.07) is 0. The number of ketones is 1. The molecule has 4 amide bonds. The van der Waals surface area contributed by atoms with Gasteiger partial charge in [-0.2, -0.15) is 0 Å². The Balaban J connectivity index is 1.89. The van der Waals surface area contributed by atoms with E-state index in [9.17, 15) is 133 Å². The Morgan fingerprint density at radius 3 is 0.368 bits per heavy atom. The van der Waals surface area contributed by atoms with Crippen LogP contribution < -0.4 is 21.3 Å². The summed E-state index contributed by atoms with van der Waals surface area (Å²) in [5.74, 6) is -16.1. The standard InChI is InChI=1S/C70H122N20O27/c1-54(91)34-75-2-4-76(5-13-81(40-60(98)99)21-20-80(12-3-75)39-59(96)97)35-55(92)71-50-70(51-72-56(93)36-77-6-14-82(41-61(100)101)22-28-88(47-67(112)113)29-23-83(15-7-77)42-62(102)103,52-73-57(94)37-78-8-16-84(43-63(104)105)24-30-89(48-68(114)115)31-25-85(17-9-78)44-64(106)107)53-74-58(95)38-79-10-18-86(45-65(108)109)26-32-90(49-69(116)117)33-27-87(19-11-79)46-66(110)111/h2-53H2,1H3,(H,71,92)(H,72,93)(H,73,94)(H,74,95)(H,96,97)(H,98,99)(H,100,101)(H,102,103)(H,104,105)(H,106,107)(H,108,109)(H,110,111)(H,112,113)(H,114,115)(H,116,117). The summed E-state index contributed by atoms with van der Waals surface area (Å²) in [6.07, 6.45) is 0. The van der Waals surface area contributed by atoms with E-state index in [-0.39, 0.29) is 228 Å². The van der Waals surface area contributed by atoms with Crippen molar-refractivity contribution in [2.45, 2.75) is 6.92 Å². The number of carbonyl (C=O) groups is 16. The molecule has 4 aliphatic heterocycles. The minimum absolute atomic E-state index is 0.00227. The lowest BCUT2D eigenvalue weighted by Crippen LogP contribution is -2.59. The Hall–Kier alpha value is -8.92. The van der Waals surface area contributed by atoms with Crippen molar-refractivity contribution in [3.63, 3.8) is 0 Å². The zero-order chi connectivity index (χ0) is 86.6. The Bertz CT molecular complexity index is 2720. The average molecular weight is 1680 g/mol. The molecule has 4 aliphatic rings. The number of carbonyl (C=O) groups excluding carboxylic acids is 5. The summed E-state index contributed by atoms with van der Waals surface area (Å²) in [7, 11) is 0. The maximum Gasteiger partial charge on any atom is 0.317 e. The number of carboxylic acids is 11. The summed E-state index contributed by atoms with van der Waals surface area (Å²) < 4.78 is 0. The number of amides is 4. The van der Waals surface area contributed by atoms with Crippen molar-refractivity contribution >= 4 is 95.1 Å². The molecule has 0 atom stereocenters. The summed E-state index contributed by atoms with van der Waals surface area (Å²) in [5.41, 5.74) is -1.71. The molecule has 0 aromatic rings. The van der Waals surface area contributed by atoms with E-state index in [1.54, 1.807) is 78.4 Å². The fraction of sp³-hybridized carbons (Fsp3) is 0.771. The van der Waals surface area contributed by atoms with Crippen molar-refractivity contribution in [1.82, 2.24) is 99.7 Å². The molecule has 4 saturated heterocycles. The highest BCUT2D eigenvalue weighted by Gasteiger charge is 2.36. The number of nitrogens with zero attached hydrogens (tertiary/aromatic N) is 16. The van der Waals surface area contributed by atoms with Crippen LogP contribution in [0.1, 0.15) is 6.92 Å². The fourth-order valence-electron chi connectivity index (χ4n) is 13.8. The fourth-order valence-corrected chi connectivity index (χ4v) is 13.8. The van der Waals surface area contributed by atoms with Gasteiger partial charge in [0, 0.05) is 241 Å². The van der Waals surface area contributed by atoms with Crippen LogP contribution in [-0.4, -0.2) is 570 Å². The third-order valence-electron chi connectivity index (χ3n) is 20.2. The number of aliphatic carboxylic acids is 11. The molecular weight excluding hydrogens is 1550 g/mol. The molecule has 0 unspecified atom stereocenters. The van der Waals surface area contributed by atoms with Crippen molar-refractivity contribution < 1.29 is 133 Å². The molecular formula is C70H122N20O27. The van der Waals surface area contributed by atoms with Crippen molar-refractivity contribution in [2.75, 3.05) is 340 Å². The molecule has 4 fully saturated rings. The number of hydrogen-bond acceptors (Lipinski definition) is 32. The average Bonchev–Trinajstić information content (AvgIpc) is 0.838. The van der Waals surface area contributed by atoms with Crippen LogP contribution in [0.15, 0.2) is 0 Å². The molecule has 0 saturated carbocycles. The second kappa shape index (κ2) is 54.2. The molecule has 0 radical (unpaired) electrons. The zero-order valence-corrected chi connectivity index (χ0v) is 66.9. The van der Waals surface area contributed by atoms with E-state index in [1.807, 2.05) is 0 Å². The molecule has 47 nitrogen and oxygen atoms in total. The highest BCUT2D eigenvalue weighted by atomic mass is 16.4. The highest BCUT2D eigenvalue weighted by molar-refractivity contribution is 5.81. The van der Waals surface area contributed by atoms with Gasteiger partial charge in [-0.25, -0.2) is 0 Å². The second-order valence-corrected chi connectivity index (χ2v) is 30.1. The topological polar surface area (TPSA) is 596 Å². The van der Waals surface area contributed by atoms with Gasteiger partial charge in [-0.05, 0) is 6.92 Å². The van der Waals surface area contributed by atoms with Crippen LogP contribution in [0.3, 0.4) is 0 Å². The van der Waals surface area contributed by atoms with Crippen LogP contribution in [0.2, 0.25) is 0 Å². The Kier molecular flexibility index (Phi) is 46.5. The highest BCUT2D eigenvalue weighted by Crippen LogP contribution is 2.16. The van der Waals surface area contributed by atoms with Gasteiger partial charge in [-0.15, -0.1) is 0 Å². The number of nitrogens with one attached hydrogen (secondary N) is 4. The second-order valence-electron chi connectivity index (χ2n) is 30.1. The number of hydrogen-bond donors (Lipinski definition) is 15. The Morgan fingerprint density at radius 2 is 0.274 bits per heavy atom. The largest absolute Gasteiger partial charge is 0.480 e. The van der Waals surface area contributed by atoms with Gasteiger partial charge in [0.15, 0.2) is 0 Å². The summed E-state index contributed by atoms with van der Waals surface area (Å²) in [6.45, 7) is -5.67. The van der Waals surface area contributed by atoms with Gasteiger partial charge >= 0.3 is 65.7 Å². The van der Waals surface area contributed by atoms with Gasteiger partial charge in [-0.3, -0.25) is 155 Å². The van der Waals surface area contributed by atoms with E-state index < -0.39 is 213 Å². The third kappa shape index (κ3) is 46.7. The van der Waals surface area contributed by atoms with Crippen LogP contribution in [0, 0.1) is 5.41 Å². The minimum atomic E-state index is -1.71. The molecule has 0 aromatic carbocycles. The SMILES string of the molecule is CC(=O)CN1CCN(CC(=O)O)CCN(CC(=O)O)CCN(CC(=O)NCC(CNC(=O)CN2CCN(CC(=O)O)CCN(CC(=O)O)CCN(CC(=O)O)CC2)(CNC(=O)CN2CCN(CC(=O)O)CCN(CC(=O)O)CCN(CC(=O)O)CC2)CNC(=O)CN2CCN(CC(=O)O)CCN(CC(=O)O)CCN(CC(=O)O)CC2)CC1. The minimum Gasteiger partial charge on any atom is -0.480 e. The van der Waals surface area contributed by atoms with Crippen molar-refractivity contribution in [3.05, 3.63) is 0 Å². The van der Waals surface area contributed by atoms with Crippen LogP contribution in [0.25, 0.3) is 0 Å². The Morgan fingerprint density at radius 1 is 0.179 bits per heavy atom. The summed E-state index contributed by atoms with van der Waals surface area (Å²) in [4.78, 5) is 231. The van der Waals surface area contributed by atoms with Crippen molar-refractivity contribution in [1.29, 1.82) is 0 Å². The van der Waals surface area contributed by atoms with E-state index in [2.05, 4.69) is 21.3 Å². The molecule has 0 aliphatic carbocycles. The third-order valence-corrected chi connectivity index (χ3v) is 20.2. The van der Waals surface area contributed by atoms with Crippen molar-refractivity contribution in [2.24, 2.45) is 5.41 Å². The first kappa shape index (κ1) is 100. The van der Waals surface area contributed by atoms with Crippen LogP contribution in [-0.2, 0) is 76.7 Å². The molecule has 0 bridgehead atoms. The quantitative estimate of drug-likeness (QED) is 0.0271. The predicted octanol–water partition coefficient (Wildman–Crippen LogP) is -11.2. The van der Waals surface area contributed by atoms with E-state index in [0.717, 1.165) is 0 Å². The maximum absolute atomic E-state index is 14.9. The molecule has 4 rings (SSSR count). The molecule has 664 valence electrons. The zero-order valence-electron chi connectivity index (χ0n) is 66.9. The number of carboxylic acid groups (broad SMARTS) is 11. The van der Waals surface area contributed by atoms with Crippen molar-refractivity contribution in [3.8, 4) is 0 Å². The Labute approximate surface area is 678 Å². The van der Waals surface area contributed by atoms with Crippen LogP contribution >= 0.6 is 0 Å². The molecule has 0 aromatic heterocycles. The van der Waals surface area contributed by atoms with Gasteiger partial charge in [0.25, 0.3) is 0 Å². The van der Waals surface area contributed by atoms with Gasteiger partial charge in [0.2, 0.25) is 23.6 Å². The number of Topliss-reactive ketones (excluding diaryl/α,β-unsaturated/α-hetero) is 1. The van der Waals surface area contributed by atoms with Gasteiger partial charge < -0.3 is 77.4 Å².